The molecule has 4 aromatic heterocycles. The normalized spacial score (nSPS) is 11.7. The Balaban J connectivity index is 1.29. The first kappa shape index (κ1) is 22.1. The van der Waals surface area contributed by atoms with Gasteiger partial charge in [-0.3, -0.25) is 4.79 Å². The summed E-state index contributed by atoms with van der Waals surface area (Å²) in [6.45, 7) is -0.0403. The van der Waals surface area contributed by atoms with Crippen LogP contribution < -0.4 is 5.32 Å². The smallest absolute Gasteiger partial charge is 0.353 e. The highest BCUT2D eigenvalue weighted by atomic mass is 19.4. The topological polar surface area (TPSA) is 122 Å². The van der Waals surface area contributed by atoms with Gasteiger partial charge in [0.05, 0.1) is 34.4 Å². The fourth-order valence-corrected chi connectivity index (χ4v) is 3.28. The van der Waals surface area contributed by atoms with Gasteiger partial charge in [0.2, 0.25) is 11.7 Å². The summed E-state index contributed by atoms with van der Waals surface area (Å²) in [5, 5.41) is 6.45. The third-order valence-electron chi connectivity index (χ3n) is 4.97. The molecule has 0 saturated heterocycles. The molecule has 9 nitrogen and oxygen atoms in total. The molecule has 0 bridgehead atoms. The number of alkyl halides is 3. The highest BCUT2D eigenvalue weighted by Gasteiger charge is 2.30. The molecular formula is C22H13F4N7O2. The number of hydrogen-bond donors (Lipinski definition) is 2. The number of aromatic amines is 1. The number of nitrogens with one attached hydrogen (secondary N) is 2. The number of aromatic nitrogens is 6. The molecule has 1 aromatic carbocycles. The maximum atomic E-state index is 13.9. The maximum Gasteiger partial charge on any atom is 0.416 e. The van der Waals surface area contributed by atoms with Crippen LogP contribution in [0.1, 0.15) is 21.7 Å². The van der Waals surface area contributed by atoms with Crippen LogP contribution in [0.2, 0.25) is 0 Å². The molecule has 0 radical (unpaired) electrons. The Bertz CT molecular complexity index is 1540. The Morgan fingerprint density at radius 3 is 2.74 bits per heavy atom. The molecule has 13 heteroatoms. The van der Waals surface area contributed by atoms with E-state index in [2.05, 4.69) is 35.4 Å². The van der Waals surface area contributed by atoms with Crippen molar-refractivity contribution in [3.8, 4) is 22.8 Å². The number of pyridine rings is 1. The number of H-pyrrole nitrogens is 1. The van der Waals surface area contributed by atoms with Gasteiger partial charge >= 0.3 is 6.18 Å². The Morgan fingerprint density at radius 1 is 1.09 bits per heavy atom. The molecule has 176 valence electrons. The summed E-state index contributed by atoms with van der Waals surface area (Å²) in [5.41, 5.74) is 0.350. The van der Waals surface area contributed by atoms with Crippen LogP contribution in [0, 0.1) is 5.95 Å². The summed E-state index contributed by atoms with van der Waals surface area (Å²) in [4.78, 5) is 30.9. The molecule has 0 fully saturated rings. The maximum absolute atomic E-state index is 13.9. The van der Waals surface area contributed by atoms with Crippen LogP contribution in [0.3, 0.4) is 0 Å². The van der Waals surface area contributed by atoms with E-state index in [1.807, 2.05) is 0 Å². The van der Waals surface area contributed by atoms with Crippen molar-refractivity contribution >= 4 is 16.9 Å². The fourth-order valence-electron chi connectivity index (χ4n) is 3.28. The van der Waals surface area contributed by atoms with Gasteiger partial charge in [-0.2, -0.15) is 17.6 Å². The van der Waals surface area contributed by atoms with E-state index in [9.17, 15) is 22.4 Å². The van der Waals surface area contributed by atoms with E-state index < -0.39 is 23.6 Å². The van der Waals surface area contributed by atoms with E-state index >= 15 is 0 Å². The standard InChI is InChI=1S/C22H13F4N7O2/c23-19-13(2-1-5-27-19)15-8-17(30-10-29-15)21(34)28-9-12-7-18(35-33-12)20-31-14-4-3-11(22(24,25)26)6-16(14)32-20/h1-8,10H,9H2,(H,28,34)(H,31,32). The molecule has 1 amide bonds. The number of benzene rings is 1. The first-order chi connectivity index (χ1) is 16.8. The molecule has 0 aliphatic heterocycles. The largest absolute Gasteiger partial charge is 0.416 e. The van der Waals surface area contributed by atoms with Gasteiger partial charge in [-0.05, 0) is 36.4 Å². The highest BCUT2D eigenvalue weighted by molar-refractivity contribution is 5.93. The van der Waals surface area contributed by atoms with E-state index in [0.29, 0.717) is 11.2 Å². The minimum absolute atomic E-state index is 0.000255. The van der Waals surface area contributed by atoms with E-state index in [0.717, 1.165) is 18.5 Å². The Kier molecular flexibility index (Phi) is 5.43. The first-order valence-corrected chi connectivity index (χ1v) is 10.0. The van der Waals surface area contributed by atoms with E-state index in [1.165, 1.54) is 30.5 Å². The zero-order valence-corrected chi connectivity index (χ0v) is 17.5. The van der Waals surface area contributed by atoms with Crippen LogP contribution >= 0.6 is 0 Å². The molecule has 0 atom stereocenters. The third kappa shape index (κ3) is 4.55. The number of rotatable bonds is 5. The van der Waals surface area contributed by atoms with Crippen molar-refractivity contribution in [3.05, 3.63) is 77.9 Å². The van der Waals surface area contributed by atoms with Gasteiger partial charge in [0.1, 0.15) is 17.7 Å². The van der Waals surface area contributed by atoms with Crippen molar-refractivity contribution in [2.24, 2.45) is 0 Å². The summed E-state index contributed by atoms with van der Waals surface area (Å²) >= 11 is 0. The number of carbonyl (C=O) groups is 1. The van der Waals surface area contributed by atoms with Crippen molar-refractivity contribution in [3.63, 3.8) is 0 Å². The number of carbonyl (C=O) groups excluding carboxylic acids is 1. The molecule has 0 aliphatic carbocycles. The zero-order chi connectivity index (χ0) is 24.6. The van der Waals surface area contributed by atoms with Gasteiger partial charge in [-0.15, -0.1) is 0 Å². The minimum Gasteiger partial charge on any atom is -0.353 e. The molecule has 2 N–H and O–H groups in total. The first-order valence-electron chi connectivity index (χ1n) is 10.0. The van der Waals surface area contributed by atoms with Crippen LogP contribution in [0.15, 0.2) is 59.5 Å². The second kappa shape index (κ2) is 8.59. The molecule has 0 aliphatic rings. The predicted molar refractivity (Wildman–Crippen MR) is 113 cm³/mol. The lowest BCUT2D eigenvalue weighted by molar-refractivity contribution is -0.137. The molecule has 0 unspecified atom stereocenters. The van der Waals surface area contributed by atoms with Crippen LogP contribution in [-0.2, 0) is 12.7 Å². The van der Waals surface area contributed by atoms with Gasteiger partial charge in [0.15, 0.2) is 5.82 Å². The van der Waals surface area contributed by atoms with E-state index in [1.54, 1.807) is 6.07 Å². The second-order valence-corrected chi connectivity index (χ2v) is 7.31. The van der Waals surface area contributed by atoms with Crippen LogP contribution in [0.5, 0.6) is 0 Å². The van der Waals surface area contributed by atoms with Crippen molar-refractivity contribution < 1.29 is 26.9 Å². The summed E-state index contributed by atoms with van der Waals surface area (Å²) < 4.78 is 57.9. The highest BCUT2D eigenvalue weighted by Crippen LogP contribution is 2.31. The zero-order valence-electron chi connectivity index (χ0n) is 17.5. The van der Waals surface area contributed by atoms with Gasteiger partial charge in [-0.25, -0.2) is 19.9 Å². The number of fused-ring (bicyclic) bond motifs is 1. The van der Waals surface area contributed by atoms with E-state index in [-0.39, 0.29) is 40.6 Å². The van der Waals surface area contributed by atoms with E-state index in [4.69, 9.17) is 4.52 Å². The SMILES string of the molecule is O=C(NCc1cc(-c2nc3ccc(C(F)(F)F)cc3[nH]2)on1)c1cc(-c2cccnc2F)ncn1. The number of halogens is 4. The molecule has 0 saturated carbocycles. The Labute approximate surface area is 193 Å². The lowest BCUT2D eigenvalue weighted by Crippen LogP contribution is -2.24. The van der Waals surface area contributed by atoms with Crippen LogP contribution in [0.4, 0.5) is 17.6 Å². The minimum atomic E-state index is -4.48. The quantitative estimate of drug-likeness (QED) is 0.284. The van der Waals surface area contributed by atoms with Crippen molar-refractivity contribution in [2.75, 3.05) is 0 Å². The second-order valence-electron chi connectivity index (χ2n) is 7.31. The number of nitrogens with zero attached hydrogens (tertiary/aromatic N) is 5. The van der Waals surface area contributed by atoms with Gasteiger partial charge < -0.3 is 14.8 Å². The summed E-state index contributed by atoms with van der Waals surface area (Å²) in [7, 11) is 0. The van der Waals surface area contributed by atoms with Crippen molar-refractivity contribution in [1.82, 2.24) is 35.4 Å². The molecule has 0 spiro atoms. The average molecular weight is 483 g/mol. The Hall–Kier alpha value is -4.68. The average Bonchev–Trinajstić information content (AvgIpc) is 3.49. The fraction of sp³-hybridized carbons (Fsp3) is 0.0909. The van der Waals surface area contributed by atoms with Crippen molar-refractivity contribution in [2.45, 2.75) is 12.7 Å². The molecular weight excluding hydrogens is 470 g/mol. The molecule has 5 aromatic rings. The summed E-state index contributed by atoms with van der Waals surface area (Å²) in [6, 6.07) is 8.98. The summed E-state index contributed by atoms with van der Waals surface area (Å²) in [5.74, 6) is -0.933. The number of imidazole rings is 1. The van der Waals surface area contributed by atoms with Gasteiger partial charge in [-0.1, -0.05) is 5.16 Å². The predicted octanol–water partition coefficient (Wildman–Crippen LogP) is 4.16. The molecule has 4 heterocycles. The van der Waals surface area contributed by atoms with Crippen molar-refractivity contribution in [1.29, 1.82) is 0 Å². The number of amides is 1. The lowest BCUT2D eigenvalue weighted by Gasteiger charge is -2.05. The lowest BCUT2D eigenvalue weighted by atomic mass is 10.2. The molecule has 5 rings (SSSR count). The van der Waals surface area contributed by atoms with Crippen LogP contribution in [0.25, 0.3) is 33.9 Å². The molecule has 35 heavy (non-hydrogen) atoms. The monoisotopic (exact) mass is 483 g/mol. The van der Waals surface area contributed by atoms with Gasteiger partial charge in [0.25, 0.3) is 5.91 Å². The summed E-state index contributed by atoms with van der Waals surface area (Å²) in [6.07, 6.45) is -2.05. The third-order valence-corrected chi connectivity index (χ3v) is 4.97. The number of hydrogen-bond acceptors (Lipinski definition) is 7. The Morgan fingerprint density at radius 2 is 1.94 bits per heavy atom. The van der Waals surface area contributed by atoms with Crippen LogP contribution in [-0.4, -0.2) is 36.0 Å². The van der Waals surface area contributed by atoms with Gasteiger partial charge in [0, 0.05) is 12.3 Å².